The molecule has 0 aromatic heterocycles. The van der Waals surface area contributed by atoms with E-state index in [1.165, 1.54) is 23.3 Å². The quantitative estimate of drug-likeness (QED) is 0.911. The van der Waals surface area contributed by atoms with Gasteiger partial charge in [-0.1, -0.05) is 36.4 Å². The summed E-state index contributed by atoms with van der Waals surface area (Å²) in [5.41, 5.74) is 3.87. The fraction of sp³-hybridized carbons (Fsp3) is 0.263. The van der Waals surface area contributed by atoms with Gasteiger partial charge in [-0.25, -0.2) is 4.79 Å². The van der Waals surface area contributed by atoms with Crippen LogP contribution in [0.1, 0.15) is 33.0 Å². The Morgan fingerprint density at radius 1 is 1.09 bits per heavy atom. The molecule has 2 N–H and O–H groups in total. The number of amides is 1. The molecule has 3 atom stereocenters. The van der Waals surface area contributed by atoms with Crippen LogP contribution in [0.25, 0.3) is 0 Å². The van der Waals surface area contributed by atoms with Crippen LogP contribution in [-0.4, -0.2) is 23.0 Å². The maximum absolute atomic E-state index is 12.2. The predicted octanol–water partition coefficient (Wildman–Crippen LogP) is 2.38. The Morgan fingerprint density at radius 3 is 2.57 bits per heavy atom. The summed E-state index contributed by atoms with van der Waals surface area (Å²) in [5, 5.41) is 12.0. The van der Waals surface area contributed by atoms with E-state index in [1.54, 1.807) is 12.1 Å². The highest BCUT2D eigenvalue weighted by Crippen LogP contribution is 2.56. The Kier molecular flexibility index (Phi) is 3.18. The Bertz CT molecular complexity index is 781. The van der Waals surface area contributed by atoms with Crippen LogP contribution in [0.4, 0.5) is 0 Å². The second-order valence-corrected chi connectivity index (χ2v) is 6.36. The number of nitrogens with one attached hydrogen (secondary N) is 1. The van der Waals surface area contributed by atoms with Crippen LogP contribution in [-0.2, 0) is 17.6 Å². The number of hydrogen-bond donors (Lipinski definition) is 2. The van der Waals surface area contributed by atoms with E-state index in [-0.39, 0.29) is 23.9 Å². The Hall–Kier alpha value is -2.62. The van der Waals surface area contributed by atoms with Gasteiger partial charge >= 0.3 is 5.97 Å². The van der Waals surface area contributed by atoms with Gasteiger partial charge in [-0.2, -0.15) is 0 Å². The largest absolute Gasteiger partial charge is 0.478 e. The van der Waals surface area contributed by atoms with Crippen molar-refractivity contribution in [2.75, 3.05) is 0 Å². The molecule has 4 rings (SSSR count). The fourth-order valence-electron chi connectivity index (χ4n) is 3.74. The zero-order chi connectivity index (χ0) is 16.0. The molecule has 2 aliphatic rings. The summed E-state index contributed by atoms with van der Waals surface area (Å²) in [4.78, 5) is 23.0. The summed E-state index contributed by atoms with van der Waals surface area (Å²) in [7, 11) is 0. The monoisotopic (exact) mass is 307 g/mol. The molecular formula is C19H17NO3. The van der Waals surface area contributed by atoms with Gasteiger partial charge in [0.25, 0.3) is 0 Å². The number of carboxylic acids is 1. The van der Waals surface area contributed by atoms with Gasteiger partial charge in [-0.3, -0.25) is 4.79 Å². The topological polar surface area (TPSA) is 66.4 Å². The van der Waals surface area contributed by atoms with E-state index in [2.05, 4.69) is 29.6 Å². The van der Waals surface area contributed by atoms with Gasteiger partial charge in [0.1, 0.15) is 0 Å². The Morgan fingerprint density at radius 2 is 1.83 bits per heavy atom. The molecule has 2 aromatic carbocycles. The molecule has 1 fully saturated rings. The van der Waals surface area contributed by atoms with Crippen molar-refractivity contribution in [1.29, 1.82) is 0 Å². The Labute approximate surface area is 134 Å². The molecule has 0 aliphatic heterocycles. The van der Waals surface area contributed by atoms with Crippen molar-refractivity contribution < 1.29 is 14.7 Å². The molecule has 0 unspecified atom stereocenters. The smallest absolute Gasteiger partial charge is 0.335 e. The minimum absolute atomic E-state index is 0.00459. The fourth-order valence-corrected chi connectivity index (χ4v) is 3.74. The van der Waals surface area contributed by atoms with Gasteiger partial charge in [0.05, 0.1) is 12.0 Å². The molecule has 0 spiro atoms. The van der Waals surface area contributed by atoms with E-state index < -0.39 is 5.97 Å². The molecule has 0 radical (unpaired) electrons. The molecule has 1 amide bonds. The third-order valence-corrected chi connectivity index (χ3v) is 4.93. The van der Waals surface area contributed by atoms with Crippen molar-refractivity contribution in [3.8, 4) is 0 Å². The lowest BCUT2D eigenvalue weighted by atomic mass is 10.0. The van der Waals surface area contributed by atoms with Crippen LogP contribution < -0.4 is 5.32 Å². The lowest BCUT2D eigenvalue weighted by Gasteiger charge is -2.09. The lowest BCUT2D eigenvalue weighted by molar-refractivity contribution is -0.120. The van der Waals surface area contributed by atoms with Gasteiger partial charge in [0.15, 0.2) is 0 Å². The van der Waals surface area contributed by atoms with Crippen molar-refractivity contribution in [3.05, 3.63) is 70.8 Å². The maximum Gasteiger partial charge on any atom is 0.335 e. The molecule has 0 heterocycles. The zero-order valence-electron chi connectivity index (χ0n) is 12.5. The minimum Gasteiger partial charge on any atom is -0.478 e. The number of aromatic carboxylic acids is 1. The average Bonchev–Trinajstić information content (AvgIpc) is 3.05. The van der Waals surface area contributed by atoms with Gasteiger partial charge in [0, 0.05) is 12.0 Å². The number of carboxylic acid groups (broad SMARTS) is 1. The van der Waals surface area contributed by atoms with Crippen LogP contribution in [0.3, 0.4) is 0 Å². The number of fused-ring (bicyclic) bond motifs is 3. The zero-order valence-corrected chi connectivity index (χ0v) is 12.5. The molecule has 23 heavy (non-hydrogen) atoms. The van der Waals surface area contributed by atoms with Crippen molar-refractivity contribution in [2.45, 2.75) is 24.8 Å². The molecular weight excluding hydrogens is 290 g/mol. The molecule has 2 aliphatic carbocycles. The van der Waals surface area contributed by atoms with Crippen LogP contribution in [0, 0.1) is 5.92 Å². The summed E-state index contributed by atoms with van der Waals surface area (Å²) in [6.45, 7) is 0. The molecule has 116 valence electrons. The van der Waals surface area contributed by atoms with Crippen molar-refractivity contribution in [2.24, 2.45) is 5.92 Å². The van der Waals surface area contributed by atoms with Crippen LogP contribution >= 0.6 is 0 Å². The first-order valence-electron chi connectivity index (χ1n) is 7.83. The highest BCUT2D eigenvalue weighted by molar-refractivity contribution is 5.87. The first-order valence-corrected chi connectivity index (χ1v) is 7.83. The van der Waals surface area contributed by atoms with E-state index >= 15 is 0 Å². The molecule has 1 saturated carbocycles. The predicted molar refractivity (Wildman–Crippen MR) is 85.4 cm³/mol. The van der Waals surface area contributed by atoms with Crippen LogP contribution in [0.15, 0.2) is 48.5 Å². The van der Waals surface area contributed by atoms with Gasteiger partial charge < -0.3 is 10.4 Å². The molecule has 4 heteroatoms. The van der Waals surface area contributed by atoms with Crippen molar-refractivity contribution in [1.82, 2.24) is 5.32 Å². The number of carbonyl (C=O) groups excluding carboxylic acids is 1. The van der Waals surface area contributed by atoms with Crippen LogP contribution in [0.2, 0.25) is 0 Å². The number of carbonyl (C=O) groups is 2. The summed E-state index contributed by atoms with van der Waals surface area (Å²) >= 11 is 0. The summed E-state index contributed by atoms with van der Waals surface area (Å²) in [6.07, 6.45) is 1.34. The number of benzene rings is 2. The number of hydrogen-bond acceptors (Lipinski definition) is 2. The molecule has 2 aromatic rings. The average molecular weight is 307 g/mol. The van der Waals surface area contributed by atoms with Crippen molar-refractivity contribution in [3.63, 3.8) is 0 Å². The van der Waals surface area contributed by atoms with E-state index in [0.717, 1.165) is 12.0 Å². The standard InChI is InChI=1S/C19H17NO3/c21-16(9-11-5-7-12(8-6-11)19(22)23)20-18-15-10-13-3-1-2-4-14(13)17(15)18/h1-8,15,17-18H,9-10H2,(H,20,21)(H,22,23)/t15-,17-,18-/m1/s1. The first kappa shape index (κ1) is 14.0. The molecule has 0 saturated heterocycles. The Balaban J connectivity index is 1.36. The molecule has 0 bridgehead atoms. The highest BCUT2D eigenvalue weighted by Gasteiger charge is 2.56. The minimum atomic E-state index is -0.953. The first-order chi connectivity index (χ1) is 11.1. The van der Waals surface area contributed by atoms with E-state index in [0.29, 0.717) is 11.8 Å². The van der Waals surface area contributed by atoms with Crippen molar-refractivity contribution >= 4 is 11.9 Å². The summed E-state index contributed by atoms with van der Waals surface area (Å²) in [6, 6.07) is 15.2. The summed E-state index contributed by atoms with van der Waals surface area (Å²) < 4.78 is 0. The third-order valence-electron chi connectivity index (χ3n) is 4.93. The summed E-state index contributed by atoms with van der Waals surface area (Å²) in [5.74, 6) is 0.0747. The second-order valence-electron chi connectivity index (χ2n) is 6.36. The lowest BCUT2D eigenvalue weighted by Crippen LogP contribution is -2.30. The van der Waals surface area contributed by atoms with Gasteiger partial charge in [-0.05, 0) is 41.2 Å². The second kappa shape index (κ2) is 5.23. The van der Waals surface area contributed by atoms with E-state index in [4.69, 9.17) is 5.11 Å². The van der Waals surface area contributed by atoms with Crippen LogP contribution in [0.5, 0.6) is 0 Å². The SMILES string of the molecule is O=C(Cc1ccc(C(=O)O)cc1)N[C@@H]1[C@@H]2Cc3ccccc3[C@H]21. The van der Waals surface area contributed by atoms with E-state index in [1.807, 2.05) is 0 Å². The van der Waals surface area contributed by atoms with E-state index in [9.17, 15) is 9.59 Å². The normalized spacial score (nSPS) is 23.7. The number of rotatable bonds is 4. The molecule has 4 nitrogen and oxygen atoms in total. The maximum atomic E-state index is 12.2. The van der Waals surface area contributed by atoms with Gasteiger partial charge in [-0.15, -0.1) is 0 Å². The van der Waals surface area contributed by atoms with Gasteiger partial charge in [0.2, 0.25) is 5.91 Å². The third kappa shape index (κ3) is 2.50. The highest BCUT2D eigenvalue weighted by atomic mass is 16.4.